The van der Waals surface area contributed by atoms with Crippen molar-refractivity contribution in [2.75, 3.05) is 13.1 Å². The Bertz CT molecular complexity index is 379. The van der Waals surface area contributed by atoms with Gasteiger partial charge in [-0.2, -0.15) is 0 Å². The highest BCUT2D eigenvalue weighted by atomic mass is 32.2. The van der Waals surface area contributed by atoms with Crippen LogP contribution in [-0.4, -0.2) is 31.7 Å². The van der Waals surface area contributed by atoms with Crippen molar-refractivity contribution in [3.63, 3.8) is 0 Å². The molecule has 14 heavy (non-hydrogen) atoms. The Balaban J connectivity index is 2.23. The largest absolute Gasteiger partial charge is 0.317 e. The Hall–Kier alpha value is -0.460. The molecule has 4 nitrogen and oxygen atoms in total. The van der Waals surface area contributed by atoms with Crippen molar-refractivity contribution in [3.05, 3.63) is 11.6 Å². The van der Waals surface area contributed by atoms with Crippen LogP contribution in [0.1, 0.15) is 12.8 Å². The Morgan fingerprint density at radius 2 is 2.14 bits per heavy atom. The summed E-state index contributed by atoms with van der Waals surface area (Å²) in [4.78, 5) is 3.87. The molecule has 0 aliphatic carbocycles. The molecule has 2 rings (SSSR count). The van der Waals surface area contributed by atoms with Gasteiger partial charge in [0.1, 0.15) is 0 Å². The first-order valence-corrected chi connectivity index (χ1v) is 6.98. The maximum absolute atomic E-state index is 12.0. The zero-order chi connectivity index (χ0) is 10.0. The monoisotopic (exact) mass is 232 g/mol. The zero-order valence-electron chi connectivity index (χ0n) is 7.64. The topological polar surface area (TPSA) is 59.1 Å². The van der Waals surface area contributed by atoms with Crippen LogP contribution in [0.25, 0.3) is 0 Å². The number of hydrogen-bond acceptors (Lipinski definition) is 5. The fourth-order valence-electron chi connectivity index (χ4n) is 1.60. The molecule has 0 radical (unpaired) electrons. The predicted octanol–water partition coefficient (Wildman–Crippen LogP) is 0.669. The molecule has 1 aliphatic heterocycles. The van der Waals surface area contributed by atoms with E-state index in [1.165, 1.54) is 11.3 Å². The van der Waals surface area contributed by atoms with Crippen molar-refractivity contribution in [1.29, 1.82) is 0 Å². The molecule has 1 aromatic heterocycles. The number of sulfone groups is 1. The first-order valence-electron chi connectivity index (χ1n) is 4.55. The molecule has 0 saturated carbocycles. The van der Waals surface area contributed by atoms with Crippen LogP contribution in [0, 0.1) is 0 Å². The van der Waals surface area contributed by atoms with Gasteiger partial charge in [-0.3, -0.25) is 0 Å². The molecule has 1 fully saturated rings. The van der Waals surface area contributed by atoms with E-state index >= 15 is 0 Å². The maximum Gasteiger partial charge on any atom is 0.209 e. The van der Waals surface area contributed by atoms with Gasteiger partial charge in [-0.25, -0.2) is 13.4 Å². The minimum atomic E-state index is -3.15. The van der Waals surface area contributed by atoms with E-state index < -0.39 is 9.84 Å². The summed E-state index contributed by atoms with van der Waals surface area (Å²) in [6, 6.07) is 0. The van der Waals surface area contributed by atoms with Crippen molar-refractivity contribution < 1.29 is 8.42 Å². The summed E-state index contributed by atoms with van der Waals surface area (Å²) in [6.07, 6.45) is 2.93. The van der Waals surface area contributed by atoms with E-state index in [9.17, 15) is 8.42 Å². The first-order chi connectivity index (χ1) is 6.71. The second kappa shape index (κ2) is 3.96. The number of rotatable bonds is 2. The average molecular weight is 232 g/mol. The van der Waals surface area contributed by atoms with E-state index in [0.717, 1.165) is 13.1 Å². The van der Waals surface area contributed by atoms with E-state index in [-0.39, 0.29) is 9.59 Å². The summed E-state index contributed by atoms with van der Waals surface area (Å²) in [5.74, 6) is 0. The number of nitrogens with zero attached hydrogens (tertiary/aromatic N) is 1. The second-order valence-electron chi connectivity index (χ2n) is 3.29. The summed E-state index contributed by atoms with van der Waals surface area (Å²) in [5.41, 5.74) is 0. The zero-order valence-corrected chi connectivity index (χ0v) is 9.27. The molecule has 1 aliphatic rings. The summed E-state index contributed by atoms with van der Waals surface area (Å²) in [6.45, 7) is 1.57. The van der Waals surface area contributed by atoms with Gasteiger partial charge in [0.05, 0.1) is 5.25 Å². The third-order valence-corrected chi connectivity index (χ3v) is 5.87. The van der Waals surface area contributed by atoms with Gasteiger partial charge in [0.15, 0.2) is 0 Å². The normalized spacial score (nSPS) is 19.7. The standard InChI is InChI=1S/C8H12N2O2S2/c11-14(12,8-10-5-6-13-8)7-1-3-9-4-2-7/h5-7,9H,1-4H2. The van der Waals surface area contributed by atoms with Crippen LogP contribution in [0.5, 0.6) is 0 Å². The van der Waals surface area contributed by atoms with Crippen molar-refractivity contribution in [3.8, 4) is 0 Å². The number of aromatic nitrogens is 1. The molecule has 0 atom stereocenters. The number of nitrogens with one attached hydrogen (secondary N) is 1. The lowest BCUT2D eigenvalue weighted by molar-refractivity contribution is 0.496. The molecular formula is C8H12N2O2S2. The smallest absolute Gasteiger partial charge is 0.209 e. The molecule has 0 amide bonds. The third kappa shape index (κ3) is 1.82. The van der Waals surface area contributed by atoms with Crippen molar-refractivity contribution in [2.45, 2.75) is 22.4 Å². The fraction of sp³-hybridized carbons (Fsp3) is 0.625. The van der Waals surface area contributed by atoms with Crippen LogP contribution in [0.4, 0.5) is 0 Å². The summed E-state index contributed by atoms with van der Waals surface area (Å²) >= 11 is 1.20. The number of hydrogen-bond donors (Lipinski definition) is 1. The molecule has 78 valence electrons. The van der Waals surface area contributed by atoms with Crippen LogP contribution >= 0.6 is 11.3 Å². The van der Waals surface area contributed by atoms with Crippen LogP contribution in [-0.2, 0) is 9.84 Å². The van der Waals surface area contributed by atoms with E-state index in [1.807, 2.05) is 0 Å². The summed E-state index contributed by atoms with van der Waals surface area (Å²) in [7, 11) is -3.15. The lowest BCUT2D eigenvalue weighted by Gasteiger charge is -2.21. The van der Waals surface area contributed by atoms with Gasteiger partial charge in [0.25, 0.3) is 0 Å². The molecule has 0 spiro atoms. The molecular weight excluding hydrogens is 220 g/mol. The Labute approximate surface area is 87.3 Å². The SMILES string of the molecule is O=S(=O)(c1nccs1)C1CCNCC1. The minimum Gasteiger partial charge on any atom is -0.317 e. The molecule has 6 heteroatoms. The van der Waals surface area contributed by atoms with Gasteiger partial charge < -0.3 is 5.32 Å². The van der Waals surface area contributed by atoms with Gasteiger partial charge in [-0.15, -0.1) is 11.3 Å². The van der Waals surface area contributed by atoms with Gasteiger partial charge in [0.2, 0.25) is 14.2 Å². The van der Waals surface area contributed by atoms with Gasteiger partial charge >= 0.3 is 0 Å². The second-order valence-corrected chi connectivity index (χ2v) is 6.59. The molecule has 1 N–H and O–H groups in total. The summed E-state index contributed by atoms with van der Waals surface area (Å²) in [5, 5.41) is 4.61. The Morgan fingerprint density at radius 3 is 2.71 bits per heavy atom. The Kier molecular flexibility index (Phi) is 2.85. The minimum absolute atomic E-state index is 0.241. The quantitative estimate of drug-likeness (QED) is 0.814. The first kappa shape index (κ1) is 10.1. The lowest BCUT2D eigenvalue weighted by Crippen LogP contribution is -2.35. The molecule has 1 saturated heterocycles. The fourth-order valence-corrected chi connectivity index (χ4v) is 4.42. The molecule has 0 bridgehead atoms. The van der Waals surface area contributed by atoms with Crippen LogP contribution in [0.3, 0.4) is 0 Å². The van der Waals surface area contributed by atoms with Crippen molar-refractivity contribution in [1.82, 2.24) is 10.3 Å². The van der Waals surface area contributed by atoms with E-state index in [2.05, 4.69) is 10.3 Å². The van der Waals surface area contributed by atoms with E-state index in [4.69, 9.17) is 0 Å². The molecule has 1 aromatic rings. The number of thiazole rings is 1. The van der Waals surface area contributed by atoms with Crippen LogP contribution < -0.4 is 5.32 Å². The van der Waals surface area contributed by atoms with Crippen molar-refractivity contribution in [2.24, 2.45) is 0 Å². The predicted molar refractivity (Wildman–Crippen MR) is 55.2 cm³/mol. The third-order valence-electron chi connectivity index (χ3n) is 2.38. The summed E-state index contributed by atoms with van der Waals surface area (Å²) < 4.78 is 24.2. The van der Waals surface area contributed by atoms with Gasteiger partial charge in [0, 0.05) is 11.6 Å². The van der Waals surface area contributed by atoms with E-state index in [0.29, 0.717) is 12.8 Å². The molecule has 2 heterocycles. The Morgan fingerprint density at radius 1 is 1.43 bits per heavy atom. The molecule has 0 unspecified atom stereocenters. The van der Waals surface area contributed by atoms with Gasteiger partial charge in [-0.05, 0) is 25.9 Å². The average Bonchev–Trinajstić information content (AvgIpc) is 2.72. The van der Waals surface area contributed by atoms with Crippen LogP contribution in [0.2, 0.25) is 0 Å². The van der Waals surface area contributed by atoms with Crippen molar-refractivity contribution >= 4 is 21.2 Å². The maximum atomic E-state index is 12.0. The highest BCUT2D eigenvalue weighted by Gasteiger charge is 2.30. The van der Waals surface area contributed by atoms with Crippen LogP contribution in [0.15, 0.2) is 15.9 Å². The highest BCUT2D eigenvalue weighted by molar-refractivity contribution is 7.93. The lowest BCUT2D eigenvalue weighted by atomic mass is 10.2. The highest BCUT2D eigenvalue weighted by Crippen LogP contribution is 2.23. The molecule has 0 aromatic carbocycles. The number of piperidine rings is 1. The van der Waals surface area contributed by atoms with Gasteiger partial charge in [-0.1, -0.05) is 0 Å². The van der Waals surface area contributed by atoms with E-state index in [1.54, 1.807) is 11.6 Å².